The quantitative estimate of drug-likeness (QED) is 0.803. The van der Waals surface area contributed by atoms with Crippen LogP contribution in [0.5, 0.6) is 0 Å². The Morgan fingerprint density at radius 3 is 2.62 bits per heavy atom. The van der Waals surface area contributed by atoms with E-state index in [4.69, 9.17) is 4.42 Å². The van der Waals surface area contributed by atoms with E-state index in [1.165, 1.54) is 6.26 Å². The monoisotopic (exact) mass is 397 g/mol. The van der Waals surface area contributed by atoms with Gasteiger partial charge in [0.1, 0.15) is 11.8 Å². The SMILES string of the molecule is CCS(=O)(=O)N1N=C(c2cccc(NS(C)(=O)=O)c2)C[C@@H]1c1ccco1. The van der Waals surface area contributed by atoms with Gasteiger partial charge in [0.2, 0.25) is 20.0 Å². The lowest BCUT2D eigenvalue weighted by atomic mass is 10.0. The third-order valence-electron chi connectivity index (χ3n) is 3.89. The smallest absolute Gasteiger partial charge is 0.250 e. The zero-order chi connectivity index (χ0) is 18.9. The molecular formula is C16H19N3O5S2. The van der Waals surface area contributed by atoms with Crippen molar-refractivity contribution in [1.82, 2.24) is 4.41 Å². The molecule has 26 heavy (non-hydrogen) atoms. The van der Waals surface area contributed by atoms with Crippen molar-refractivity contribution < 1.29 is 21.3 Å². The average Bonchev–Trinajstić information content (AvgIpc) is 3.23. The molecule has 1 aromatic heterocycles. The molecule has 0 aliphatic carbocycles. The predicted molar refractivity (Wildman–Crippen MR) is 98.8 cm³/mol. The van der Waals surface area contributed by atoms with Gasteiger partial charge in [-0.3, -0.25) is 4.72 Å². The first-order valence-electron chi connectivity index (χ1n) is 7.91. The molecule has 1 N–H and O–H groups in total. The Balaban J connectivity index is 1.98. The average molecular weight is 397 g/mol. The number of sulfonamides is 2. The molecule has 0 radical (unpaired) electrons. The topological polar surface area (TPSA) is 109 Å². The number of hydrazone groups is 1. The summed E-state index contributed by atoms with van der Waals surface area (Å²) in [6, 6.07) is 9.53. The molecule has 0 spiro atoms. The van der Waals surface area contributed by atoms with Crippen LogP contribution in [0.1, 0.15) is 30.7 Å². The fourth-order valence-electron chi connectivity index (χ4n) is 2.72. The number of hydrogen-bond donors (Lipinski definition) is 1. The van der Waals surface area contributed by atoms with Crippen LogP contribution in [0.3, 0.4) is 0 Å². The van der Waals surface area contributed by atoms with Crippen LogP contribution in [-0.4, -0.2) is 39.0 Å². The number of furan rings is 1. The number of nitrogens with one attached hydrogen (secondary N) is 1. The van der Waals surface area contributed by atoms with Gasteiger partial charge in [-0.2, -0.15) is 9.52 Å². The maximum Gasteiger partial charge on any atom is 0.250 e. The lowest BCUT2D eigenvalue weighted by Gasteiger charge is -2.20. The van der Waals surface area contributed by atoms with Crippen molar-refractivity contribution in [2.24, 2.45) is 5.10 Å². The van der Waals surface area contributed by atoms with Gasteiger partial charge in [-0.1, -0.05) is 12.1 Å². The molecule has 0 unspecified atom stereocenters. The molecule has 1 atom stereocenters. The van der Waals surface area contributed by atoms with Crippen LogP contribution in [0.4, 0.5) is 5.69 Å². The number of hydrogen-bond acceptors (Lipinski definition) is 6. The third-order valence-corrected chi connectivity index (χ3v) is 6.14. The van der Waals surface area contributed by atoms with Gasteiger partial charge in [-0.05, 0) is 36.8 Å². The number of anilines is 1. The van der Waals surface area contributed by atoms with Crippen molar-refractivity contribution >= 4 is 31.4 Å². The Labute approximate surface area is 152 Å². The summed E-state index contributed by atoms with van der Waals surface area (Å²) in [5.74, 6) is 0.419. The second kappa shape index (κ2) is 6.76. The molecule has 1 aromatic carbocycles. The molecule has 0 bridgehead atoms. The molecule has 0 fully saturated rings. The summed E-state index contributed by atoms with van der Waals surface area (Å²) in [6.45, 7) is 1.55. The van der Waals surface area contributed by atoms with Gasteiger partial charge in [0, 0.05) is 12.1 Å². The molecule has 2 aromatic rings. The van der Waals surface area contributed by atoms with Crippen LogP contribution in [0.2, 0.25) is 0 Å². The molecule has 0 amide bonds. The number of benzene rings is 1. The van der Waals surface area contributed by atoms with Crippen LogP contribution in [0.15, 0.2) is 52.2 Å². The third kappa shape index (κ3) is 3.91. The molecule has 0 saturated heterocycles. The molecular weight excluding hydrogens is 378 g/mol. The molecule has 3 rings (SSSR count). The number of rotatable bonds is 6. The summed E-state index contributed by atoms with van der Waals surface area (Å²) in [5.41, 5.74) is 1.57. The first-order valence-corrected chi connectivity index (χ1v) is 11.4. The maximum atomic E-state index is 12.4. The van der Waals surface area contributed by atoms with Crippen LogP contribution in [0.25, 0.3) is 0 Å². The van der Waals surface area contributed by atoms with Crippen LogP contribution < -0.4 is 4.72 Å². The first-order chi connectivity index (χ1) is 12.2. The van der Waals surface area contributed by atoms with E-state index >= 15 is 0 Å². The minimum atomic E-state index is -3.58. The Bertz CT molecular complexity index is 1030. The van der Waals surface area contributed by atoms with E-state index in [-0.39, 0.29) is 5.75 Å². The van der Waals surface area contributed by atoms with Gasteiger partial charge < -0.3 is 4.42 Å². The summed E-state index contributed by atoms with van der Waals surface area (Å²) in [5, 5.41) is 4.30. The largest absolute Gasteiger partial charge is 0.467 e. The maximum absolute atomic E-state index is 12.4. The molecule has 10 heteroatoms. The van der Waals surface area contributed by atoms with Crippen molar-refractivity contribution in [2.45, 2.75) is 19.4 Å². The van der Waals surface area contributed by atoms with Crippen LogP contribution in [0, 0.1) is 0 Å². The highest BCUT2D eigenvalue weighted by molar-refractivity contribution is 7.92. The second-order valence-corrected chi connectivity index (χ2v) is 9.77. The van der Waals surface area contributed by atoms with E-state index in [1.807, 2.05) is 0 Å². The van der Waals surface area contributed by atoms with Crippen LogP contribution >= 0.6 is 0 Å². The Kier molecular flexibility index (Phi) is 4.80. The molecule has 8 nitrogen and oxygen atoms in total. The van der Waals surface area contributed by atoms with Crippen molar-refractivity contribution in [2.75, 3.05) is 16.7 Å². The molecule has 0 saturated carbocycles. The van der Waals surface area contributed by atoms with Gasteiger partial charge in [-0.15, -0.1) is 0 Å². The van der Waals surface area contributed by atoms with E-state index in [2.05, 4.69) is 9.82 Å². The number of nitrogens with zero attached hydrogens (tertiary/aromatic N) is 2. The fraction of sp³-hybridized carbons (Fsp3) is 0.312. The molecule has 1 aliphatic rings. The summed E-state index contributed by atoms with van der Waals surface area (Å²) in [4.78, 5) is 0. The van der Waals surface area contributed by atoms with E-state index in [0.29, 0.717) is 29.1 Å². The van der Waals surface area contributed by atoms with E-state index < -0.39 is 26.1 Å². The van der Waals surface area contributed by atoms with Crippen molar-refractivity contribution in [3.05, 3.63) is 54.0 Å². The zero-order valence-electron chi connectivity index (χ0n) is 14.3. The standard InChI is InChI=1S/C16H19N3O5S2/c1-3-26(22,23)19-15(16-8-5-9-24-16)11-14(17-19)12-6-4-7-13(10-12)18-25(2,20)21/h4-10,15,18H,3,11H2,1-2H3/t15-/m1/s1. The van der Waals surface area contributed by atoms with E-state index in [1.54, 1.807) is 43.3 Å². The summed E-state index contributed by atoms with van der Waals surface area (Å²) in [7, 11) is -6.99. The first kappa shape index (κ1) is 18.5. The van der Waals surface area contributed by atoms with Crippen molar-refractivity contribution in [1.29, 1.82) is 0 Å². The van der Waals surface area contributed by atoms with Crippen LogP contribution in [-0.2, 0) is 20.0 Å². The Morgan fingerprint density at radius 1 is 1.23 bits per heavy atom. The fourth-order valence-corrected chi connectivity index (χ4v) is 4.33. The van der Waals surface area contributed by atoms with Crippen molar-refractivity contribution in [3.63, 3.8) is 0 Å². The summed E-state index contributed by atoms with van der Waals surface area (Å²) >= 11 is 0. The highest BCUT2D eigenvalue weighted by atomic mass is 32.2. The van der Waals surface area contributed by atoms with Gasteiger partial charge in [-0.25, -0.2) is 16.8 Å². The summed E-state index contributed by atoms with van der Waals surface area (Å²) in [6.07, 6.45) is 2.88. The summed E-state index contributed by atoms with van der Waals surface area (Å²) < 4.78 is 56.6. The Morgan fingerprint density at radius 2 is 2.00 bits per heavy atom. The zero-order valence-corrected chi connectivity index (χ0v) is 15.9. The van der Waals surface area contributed by atoms with Crippen molar-refractivity contribution in [3.8, 4) is 0 Å². The minimum absolute atomic E-state index is 0.0866. The van der Waals surface area contributed by atoms with Gasteiger partial charge >= 0.3 is 0 Å². The van der Waals surface area contributed by atoms with Gasteiger partial charge in [0.25, 0.3) is 0 Å². The molecule has 2 heterocycles. The molecule has 1 aliphatic heterocycles. The Hall–Kier alpha value is -2.33. The predicted octanol–water partition coefficient (Wildman–Crippen LogP) is 2.15. The second-order valence-electron chi connectivity index (χ2n) is 5.91. The lowest BCUT2D eigenvalue weighted by Crippen LogP contribution is -2.28. The van der Waals surface area contributed by atoms with Gasteiger partial charge in [0.15, 0.2) is 0 Å². The normalized spacial score (nSPS) is 18.0. The highest BCUT2D eigenvalue weighted by Crippen LogP contribution is 2.35. The van der Waals surface area contributed by atoms with Gasteiger partial charge in [0.05, 0.1) is 24.0 Å². The lowest BCUT2D eigenvalue weighted by molar-refractivity contribution is 0.320. The minimum Gasteiger partial charge on any atom is -0.467 e. The van der Waals surface area contributed by atoms with E-state index in [9.17, 15) is 16.8 Å². The molecule has 140 valence electrons. The van der Waals surface area contributed by atoms with E-state index in [0.717, 1.165) is 10.7 Å². The highest BCUT2D eigenvalue weighted by Gasteiger charge is 2.37.